The van der Waals surface area contributed by atoms with Crippen LogP contribution in [-0.4, -0.2) is 117 Å². The number of aromatic amines is 3. The maximum Gasteiger partial charge on any atom is 0.160 e. The van der Waals surface area contributed by atoms with Gasteiger partial charge in [0.25, 0.3) is 0 Å². The molecule has 7 aromatic heterocycles. The van der Waals surface area contributed by atoms with Crippen LogP contribution in [0.2, 0.25) is 0 Å². The van der Waals surface area contributed by atoms with Crippen molar-refractivity contribution >= 4 is 101 Å². The van der Waals surface area contributed by atoms with Crippen LogP contribution in [0.3, 0.4) is 0 Å². The Morgan fingerprint density at radius 2 is 0.939 bits per heavy atom. The number of methoxy groups -OCH3 is 3. The van der Waals surface area contributed by atoms with Crippen molar-refractivity contribution in [1.82, 2.24) is 34.6 Å². The number of H-pyrrole nitrogens is 3. The minimum atomic E-state index is 0.0602. The highest BCUT2D eigenvalue weighted by atomic mass is 35.5. The molecule has 0 spiro atoms. The van der Waals surface area contributed by atoms with Gasteiger partial charge in [0.1, 0.15) is 11.5 Å². The van der Waals surface area contributed by atoms with E-state index < -0.39 is 0 Å². The van der Waals surface area contributed by atoms with Gasteiger partial charge in [0.05, 0.1) is 59.3 Å². The van der Waals surface area contributed by atoms with Gasteiger partial charge in [0.2, 0.25) is 0 Å². The van der Waals surface area contributed by atoms with Crippen molar-refractivity contribution in [2.75, 3.05) is 72.5 Å². The van der Waals surface area contributed by atoms with E-state index in [1.807, 2.05) is 57.5 Å². The molecule has 11 aromatic rings. The van der Waals surface area contributed by atoms with E-state index in [4.69, 9.17) is 47.3 Å². The molecule has 0 unspecified atom stereocenters. The number of aromatic nitrogens is 3. The number of nitrogens with zero attached hydrogens (tertiary/aromatic N) is 4. The Labute approximate surface area is 606 Å². The zero-order valence-electron chi connectivity index (χ0n) is 57.3. The van der Waals surface area contributed by atoms with Crippen LogP contribution in [0.25, 0.3) is 32.7 Å². The molecule has 4 atom stereocenters. The molecule has 0 saturated heterocycles. The second kappa shape index (κ2) is 28.9. The highest BCUT2D eigenvalue weighted by molar-refractivity contribution is 7.13. The van der Waals surface area contributed by atoms with Gasteiger partial charge in [0, 0.05) is 197 Å². The van der Waals surface area contributed by atoms with Gasteiger partial charge in [-0.25, -0.2) is 0 Å². The maximum atomic E-state index is 10.2. The first-order chi connectivity index (χ1) is 48.4. The van der Waals surface area contributed by atoms with Gasteiger partial charge in [-0.3, -0.25) is 19.6 Å². The first-order valence-electron chi connectivity index (χ1n) is 35.5. The second-order valence-corrected chi connectivity index (χ2v) is 33.9. The smallest absolute Gasteiger partial charge is 0.160 e. The van der Waals surface area contributed by atoms with E-state index in [0.29, 0.717) is 49.0 Å². The van der Waals surface area contributed by atoms with Crippen LogP contribution >= 0.6 is 68.5 Å². The molecule has 5 N–H and O–H groups in total. The van der Waals surface area contributed by atoms with Gasteiger partial charge in [-0.15, -0.1) is 68.5 Å². The molecular weight excluding hydrogens is 1350 g/mol. The summed E-state index contributed by atoms with van der Waals surface area (Å²) in [5, 5.41) is 23.2. The summed E-state index contributed by atoms with van der Waals surface area (Å²) in [5.74, 6) is 4.78. The van der Waals surface area contributed by atoms with Gasteiger partial charge in [0.15, 0.2) is 11.5 Å². The van der Waals surface area contributed by atoms with Crippen LogP contribution in [0.1, 0.15) is 144 Å². The molecule has 8 aliphatic rings. The Balaban J connectivity index is 0.000000103. The number of hydrogen-bond acceptors (Lipinski definition) is 14. The van der Waals surface area contributed by atoms with E-state index in [2.05, 4.69) is 133 Å². The maximum absolute atomic E-state index is 10.2. The summed E-state index contributed by atoms with van der Waals surface area (Å²) >= 11 is 19.6. The lowest BCUT2D eigenvalue weighted by Gasteiger charge is -2.40. The summed E-state index contributed by atoms with van der Waals surface area (Å²) < 4.78 is 21.5. The number of para-hydroxylation sites is 1. The first kappa shape index (κ1) is 67.3. The summed E-state index contributed by atoms with van der Waals surface area (Å²) in [4.78, 5) is 33.4. The van der Waals surface area contributed by atoms with Crippen LogP contribution in [0.4, 0.5) is 0 Å². The van der Waals surface area contributed by atoms with E-state index in [-0.39, 0.29) is 12.4 Å². The van der Waals surface area contributed by atoms with Crippen LogP contribution < -0.4 is 14.2 Å². The predicted octanol–water partition coefficient (Wildman–Crippen LogP) is 17.1. The number of aliphatic hydroxyl groups is 1. The lowest BCUT2D eigenvalue weighted by molar-refractivity contribution is 0.0830. The standard InChI is InChI=1S/C22H26N2OS.C20H21ClN2OS.C19H19ClN2S.C19H23NO4S/c1-13(2)8-16-9-14-12-24-7-6-18-17-5-4-15(25-3)10-19(17)23-22(18)20(24)11-21(14)26-16;1-24-13-2-3-15-16-5-7-23-11-12-8-14(4-6-21)25-19(12)10-18(23)20(16)22-17(15)9-13;20-7-5-13-9-12-11-22-8-6-15-14-3-1-2-4-16(14)21-19(15)17(22)10-18(12)23-13;1-23-18-7-12-2-3-20-10-13-6-14(11-24-5-4-21)25-19(13)9-16(20)15(12)8-17(18)22/h4-5,9-10,13,20,23H,6-8,11-12H2,1-3H3;2-3,8-9,18,22H,4-7,10-11H2,1H3;1-4,9,17,21H,5-8,10-11H2;6-8,16,21-22H,2-5,9-11H2,1H3/t20-;18-;17-;16-/m0000/s1. The zero-order valence-corrected chi connectivity index (χ0v) is 62.1. The molecule has 0 aliphatic carbocycles. The number of phenols is 1. The summed E-state index contributed by atoms with van der Waals surface area (Å²) in [7, 11) is 5.05. The van der Waals surface area contributed by atoms with Crippen LogP contribution in [0, 0.1) is 5.92 Å². The number of aryl methyl sites for hydroxylation is 2. The number of phenolic OH excluding ortho intramolecular Hbond substituents is 1. The van der Waals surface area contributed by atoms with Crippen LogP contribution in [0.5, 0.6) is 23.0 Å². The summed E-state index contributed by atoms with van der Waals surface area (Å²) in [6.45, 7) is 14.3. The van der Waals surface area contributed by atoms with Crippen molar-refractivity contribution < 1.29 is 29.2 Å². The normalized spacial score (nSPS) is 19.6. The van der Waals surface area contributed by atoms with Gasteiger partial charge in [-0.2, -0.15) is 0 Å². The molecule has 13 nitrogen and oxygen atoms in total. The molecule has 4 aromatic carbocycles. The molecule has 518 valence electrons. The summed E-state index contributed by atoms with van der Waals surface area (Å²) in [5.41, 5.74) is 21.1. The molecule has 19 heteroatoms. The highest BCUT2D eigenvalue weighted by Crippen LogP contribution is 2.49. The Hall–Kier alpha value is -6.16. The Morgan fingerprint density at radius 3 is 1.43 bits per heavy atom. The molecule has 0 bridgehead atoms. The number of aliphatic hydroxyl groups excluding tert-OH is 1. The van der Waals surface area contributed by atoms with Crippen molar-refractivity contribution in [2.45, 2.75) is 141 Å². The van der Waals surface area contributed by atoms with Gasteiger partial charge in [-0.1, -0.05) is 32.0 Å². The molecule has 0 amide bonds. The molecule has 8 aliphatic heterocycles. The molecule has 19 rings (SSSR count). The summed E-state index contributed by atoms with van der Waals surface area (Å²) in [6, 6.07) is 36.7. The minimum absolute atomic E-state index is 0.0602. The van der Waals surface area contributed by atoms with Gasteiger partial charge < -0.3 is 44.1 Å². The van der Waals surface area contributed by atoms with E-state index >= 15 is 0 Å². The monoisotopic (exact) mass is 1440 g/mol. The quantitative estimate of drug-likeness (QED) is 0.0560. The van der Waals surface area contributed by atoms with Crippen molar-refractivity contribution in [3.05, 3.63) is 203 Å². The fraction of sp³-hybridized carbons (Fsp3) is 0.425. The van der Waals surface area contributed by atoms with E-state index in [1.165, 1.54) is 121 Å². The number of nitrogens with one attached hydrogen (secondary N) is 3. The number of hydrogen-bond donors (Lipinski definition) is 5. The van der Waals surface area contributed by atoms with E-state index in [1.54, 1.807) is 52.0 Å². The third-order valence-corrected chi connectivity index (χ3v) is 27.2. The third kappa shape index (κ3) is 13.3. The van der Waals surface area contributed by atoms with Crippen molar-refractivity contribution in [3.63, 3.8) is 0 Å². The molecular formula is C80H89Cl2N7O6S4. The molecule has 15 heterocycles. The third-order valence-electron chi connectivity index (χ3n) is 21.9. The number of aromatic hydroxyl groups is 1. The average molecular weight is 1440 g/mol. The largest absolute Gasteiger partial charge is 0.504 e. The Bertz CT molecular complexity index is 4750. The number of ether oxygens (including phenoxy) is 4. The van der Waals surface area contributed by atoms with Crippen molar-refractivity contribution in [1.29, 1.82) is 0 Å². The van der Waals surface area contributed by atoms with Crippen LogP contribution in [-0.2, 0) is 108 Å². The van der Waals surface area contributed by atoms with E-state index in [0.717, 1.165) is 133 Å². The van der Waals surface area contributed by atoms with Gasteiger partial charge in [-0.05, 0) is 168 Å². The number of halogens is 2. The molecule has 0 saturated carbocycles. The fourth-order valence-electron chi connectivity index (χ4n) is 17.2. The first-order valence-corrected chi connectivity index (χ1v) is 39.8. The number of fused-ring (bicyclic) bond motifs is 22. The Kier molecular flexibility index (Phi) is 19.7. The lowest BCUT2D eigenvalue weighted by atomic mass is 9.86. The highest BCUT2D eigenvalue weighted by Gasteiger charge is 2.40. The van der Waals surface area contributed by atoms with E-state index in [9.17, 15) is 5.11 Å². The minimum Gasteiger partial charge on any atom is -0.504 e. The predicted molar refractivity (Wildman–Crippen MR) is 406 cm³/mol. The zero-order chi connectivity index (χ0) is 67.6. The summed E-state index contributed by atoms with van der Waals surface area (Å²) in [6.07, 6.45) is 12.0. The molecule has 0 radical (unpaired) electrons. The fourth-order valence-corrected chi connectivity index (χ4v) is 22.9. The van der Waals surface area contributed by atoms with Crippen molar-refractivity contribution in [3.8, 4) is 23.0 Å². The average Bonchev–Trinajstić information content (AvgIpc) is 1.66. The van der Waals surface area contributed by atoms with Crippen molar-refractivity contribution in [2.24, 2.45) is 5.92 Å². The molecule has 99 heavy (non-hydrogen) atoms. The number of benzene rings is 4. The Morgan fingerprint density at radius 1 is 0.495 bits per heavy atom. The number of alkyl halides is 2. The van der Waals surface area contributed by atoms with Crippen LogP contribution in [0.15, 0.2) is 97.1 Å². The lowest BCUT2D eigenvalue weighted by Crippen LogP contribution is -2.38. The SMILES string of the molecule is COc1cc2c(cc1O)[C@@H]1Cc3sc(COCCO)cc3CN1CC2.COc1ccc2c3c([nH]c2c1)[C@@H]1Cc2sc(CC(C)C)cc2CN1CC3.COc1ccc2c3c([nH]c2c1)[C@@H]1Cc2sc(CCCl)cc2CN1CC3.ClCCc1cc2c(s1)C[C@H]1c3[nH]c4ccccc4c3CCN1C2. The molecule has 0 fully saturated rings. The number of rotatable bonds is 13. The topological polar surface area (TPSA) is 138 Å². The van der Waals surface area contributed by atoms with Gasteiger partial charge >= 0.3 is 0 Å². The number of thiophene rings is 4. The second-order valence-electron chi connectivity index (χ2n) is 28.3.